The average molecular weight is 243 g/mol. The summed E-state index contributed by atoms with van der Waals surface area (Å²) in [4.78, 5) is 8.39. The highest BCUT2D eigenvalue weighted by Gasteiger charge is 2.03. The van der Waals surface area contributed by atoms with Crippen LogP contribution in [0.1, 0.15) is 17.1 Å². The number of ether oxygens (including phenoxy) is 1. The molecule has 2 N–H and O–H groups in total. The van der Waals surface area contributed by atoms with E-state index in [-0.39, 0.29) is 0 Å². The van der Waals surface area contributed by atoms with Crippen LogP contribution in [0.3, 0.4) is 0 Å². The molecule has 18 heavy (non-hydrogen) atoms. The fraction of sp³-hybridized carbons (Fsp3) is 0.286. The number of aromatic nitrogens is 2. The van der Waals surface area contributed by atoms with Gasteiger partial charge in [-0.05, 0) is 44.5 Å². The normalized spacial score (nSPS) is 10.4. The van der Waals surface area contributed by atoms with Gasteiger partial charge in [-0.15, -0.1) is 0 Å². The highest BCUT2D eigenvalue weighted by Crippen LogP contribution is 2.23. The first-order valence-corrected chi connectivity index (χ1v) is 5.96. The van der Waals surface area contributed by atoms with Gasteiger partial charge < -0.3 is 10.5 Å². The molecule has 0 radical (unpaired) electrons. The standard InChI is InChI=1S/C14H17N3O/c1-10-14(9-16-11(2)17-10)18-13-5-3-12(4-6-13)7-8-15/h3-6,9H,7-8,15H2,1-2H3. The summed E-state index contributed by atoms with van der Waals surface area (Å²) in [6, 6.07) is 7.91. The van der Waals surface area contributed by atoms with Crippen LogP contribution in [-0.2, 0) is 6.42 Å². The first-order chi connectivity index (χ1) is 8.69. The Bertz CT molecular complexity index is 523. The second-order valence-corrected chi connectivity index (χ2v) is 4.15. The molecule has 0 fully saturated rings. The Balaban J connectivity index is 2.13. The van der Waals surface area contributed by atoms with Crippen molar-refractivity contribution in [1.82, 2.24) is 9.97 Å². The lowest BCUT2D eigenvalue weighted by Crippen LogP contribution is -2.02. The van der Waals surface area contributed by atoms with Crippen molar-refractivity contribution < 1.29 is 4.74 Å². The molecule has 1 aromatic carbocycles. The molecule has 0 saturated carbocycles. The van der Waals surface area contributed by atoms with Crippen LogP contribution in [0.5, 0.6) is 11.5 Å². The summed E-state index contributed by atoms with van der Waals surface area (Å²) < 4.78 is 5.74. The van der Waals surface area contributed by atoms with Gasteiger partial charge in [0.15, 0.2) is 5.75 Å². The quantitative estimate of drug-likeness (QED) is 0.895. The highest BCUT2D eigenvalue weighted by atomic mass is 16.5. The maximum Gasteiger partial charge on any atom is 0.166 e. The molecule has 0 aliphatic rings. The predicted molar refractivity (Wildman–Crippen MR) is 70.8 cm³/mol. The fourth-order valence-corrected chi connectivity index (χ4v) is 1.69. The minimum atomic E-state index is 0.658. The number of nitrogens with zero attached hydrogens (tertiary/aromatic N) is 2. The molecule has 0 amide bonds. The lowest BCUT2D eigenvalue weighted by molar-refractivity contribution is 0.471. The van der Waals surface area contributed by atoms with Gasteiger partial charge >= 0.3 is 0 Å². The van der Waals surface area contributed by atoms with E-state index in [4.69, 9.17) is 10.5 Å². The number of hydrogen-bond donors (Lipinski definition) is 1. The molecular weight excluding hydrogens is 226 g/mol. The van der Waals surface area contributed by atoms with E-state index in [0.29, 0.717) is 12.3 Å². The number of aryl methyl sites for hydroxylation is 2. The van der Waals surface area contributed by atoms with Crippen molar-refractivity contribution in [3.8, 4) is 11.5 Å². The van der Waals surface area contributed by atoms with E-state index in [1.165, 1.54) is 5.56 Å². The van der Waals surface area contributed by atoms with E-state index in [1.807, 2.05) is 38.1 Å². The third-order valence-electron chi connectivity index (χ3n) is 2.64. The minimum absolute atomic E-state index is 0.658. The monoisotopic (exact) mass is 243 g/mol. The summed E-state index contributed by atoms with van der Waals surface area (Å²) in [6.45, 7) is 4.43. The SMILES string of the molecule is Cc1ncc(Oc2ccc(CCN)cc2)c(C)n1. The molecule has 0 aliphatic heterocycles. The van der Waals surface area contributed by atoms with Crippen molar-refractivity contribution in [1.29, 1.82) is 0 Å². The van der Waals surface area contributed by atoms with Gasteiger partial charge in [-0.3, -0.25) is 0 Å². The Hall–Kier alpha value is -1.94. The smallest absolute Gasteiger partial charge is 0.166 e. The molecular formula is C14H17N3O. The van der Waals surface area contributed by atoms with Gasteiger partial charge in [-0.2, -0.15) is 0 Å². The number of nitrogens with two attached hydrogens (primary N) is 1. The zero-order chi connectivity index (χ0) is 13.0. The van der Waals surface area contributed by atoms with Crippen LogP contribution in [0.25, 0.3) is 0 Å². The molecule has 0 saturated heterocycles. The first-order valence-electron chi connectivity index (χ1n) is 5.96. The van der Waals surface area contributed by atoms with Gasteiger partial charge in [0.05, 0.1) is 11.9 Å². The Labute approximate surface area is 107 Å². The van der Waals surface area contributed by atoms with E-state index in [1.54, 1.807) is 6.20 Å². The topological polar surface area (TPSA) is 61.0 Å². The summed E-state index contributed by atoms with van der Waals surface area (Å²) in [7, 11) is 0. The van der Waals surface area contributed by atoms with Crippen molar-refractivity contribution >= 4 is 0 Å². The Morgan fingerprint density at radius 3 is 2.50 bits per heavy atom. The van der Waals surface area contributed by atoms with E-state index >= 15 is 0 Å². The number of benzene rings is 1. The molecule has 94 valence electrons. The fourth-order valence-electron chi connectivity index (χ4n) is 1.69. The van der Waals surface area contributed by atoms with Gasteiger partial charge in [-0.25, -0.2) is 9.97 Å². The molecule has 0 unspecified atom stereocenters. The molecule has 1 aromatic heterocycles. The molecule has 0 bridgehead atoms. The van der Waals surface area contributed by atoms with Gasteiger partial charge in [0, 0.05) is 0 Å². The third-order valence-corrected chi connectivity index (χ3v) is 2.64. The zero-order valence-electron chi connectivity index (χ0n) is 10.7. The highest BCUT2D eigenvalue weighted by molar-refractivity contribution is 5.33. The van der Waals surface area contributed by atoms with Crippen LogP contribution in [-0.4, -0.2) is 16.5 Å². The van der Waals surface area contributed by atoms with E-state index in [2.05, 4.69) is 9.97 Å². The predicted octanol–water partition coefficient (Wildman–Crippen LogP) is 2.39. The molecule has 0 aliphatic carbocycles. The van der Waals surface area contributed by atoms with Crippen LogP contribution >= 0.6 is 0 Å². The van der Waals surface area contributed by atoms with E-state index in [0.717, 1.165) is 23.7 Å². The van der Waals surface area contributed by atoms with Crippen LogP contribution in [0.4, 0.5) is 0 Å². The van der Waals surface area contributed by atoms with Crippen molar-refractivity contribution in [2.24, 2.45) is 5.73 Å². The van der Waals surface area contributed by atoms with Gasteiger partial charge in [0.25, 0.3) is 0 Å². The van der Waals surface area contributed by atoms with Gasteiger partial charge in [0.2, 0.25) is 0 Å². The lowest BCUT2D eigenvalue weighted by Gasteiger charge is -2.08. The van der Waals surface area contributed by atoms with E-state index < -0.39 is 0 Å². The Morgan fingerprint density at radius 1 is 1.17 bits per heavy atom. The van der Waals surface area contributed by atoms with Crippen molar-refractivity contribution in [2.75, 3.05) is 6.54 Å². The lowest BCUT2D eigenvalue weighted by atomic mass is 10.1. The Kier molecular flexibility index (Phi) is 3.89. The molecule has 4 heteroatoms. The summed E-state index contributed by atoms with van der Waals surface area (Å²) in [5.74, 6) is 2.22. The molecule has 2 aromatic rings. The maximum absolute atomic E-state index is 5.74. The van der Waals surface area contributed by atoms with Crippen LogP contribution in [0.15, 0.2) is 30.5 Å². The van der Waals surface area contributed by atoms with Crippen LogP contribution < -0.4 is 10.5 Å². The third kappa shape index (κ3) is 3.05. The number of rotatable bonds is 4. The minimum Gasteiger partial charge on any atom is -0.454 e. The summed E-state index contributed by atoms with van der Waals surface area (Å²) in [5.41, 5.74) is 7.56. The van der Waals surface area contributed by atoms with Gasteiger partial charge in [0.1, 0.15) is 11.6 Å². The summed E-state index contributed by atoms with van der Waals surface area (Å²) >= 11 is 0. The van der Waals surface area contributed by atoms with Crippen molar-refractivity contribution in [3.05, 3.63) is 47.5 Å². The summed E-state index contributed by atoms with van der Waals surface area (Å²) in [5, 5.41) is 0. The van der Waals surface area contributed by atoms with E-state index in [9.17, 15) is 0 Å². The van der Waals surface area contributed by atoms with Gasteiger partial charge in [-0.1, -0.05) is 12.1 Å². The molecule has 0 atom stereocenters. The Morgan fingerprint density at radius 2 is 1.89 bits per heavy atom. The summed E-state index contributed by atoms with van der Waals surface area (Å²) in [6.07, 6.45) is 2.58. The zero-order valence-corrected chi connectivity index (χ0v) is 10.7. The second-order valence-electron chi connectivity index (χ2n) is 4.15. The van der Waals surface area contributed by atoms with Crippen molar-refractivity contribution in [2.45, 2.75) is 20.3 Å². The average Bonchev–Trinajstić information content (AvgIpc) is 2.35. The molecule has 0 spiro atoms. The largest absolute Gasteiger partial charge is 0.454 e. The maximum atomic E-state index is 5.74. The molecule has 4 nitrogen and oxygen atoms in total. The van der Waals surface area contributed by atoms with Crippen LogP contribution in [0.2, 0.25) is 0 Å². The first kappa shape index (κ1) is 12.5. The second kappa shape index (κ2) is 5.60. The van der Waals surface area contributed by atoms with Crippen molar-refractivity contribution in [3.63, 3.8) is 0 Å². The van der Waals surface area contributed by atoms with Crippen LogP contribution in [0, 0.1) is 13.8 Å². The number of hydrogen-bond acceptors (Lipinski definition) is 4. The molecule has 1 heterocycles. The molecule has 2 rings (SSSR count).